The molecule has 0 amide bonds. The number of nitrogens with one attached hydrogen (secondary N) is 2. The summed E-state index contributed by atoms with van der Waals surface area (Å²) in [4.78, 5) is 36.7. The fraction of sp³-hybridized carbons (Fsp3) is 0.286. The summed E-state index contributed by atoms with van der Waals surface area (Å²) in [6, 6.07) is 17.0. The molecule has 0 aliphatic carbocycles. The molecule has 0 spiro atoms. The van der Waals surface area contributed by atoms with Crippen molar-refractivity contribution in [3.63, 3.8) is 0 Å². The molecule has 0 saturated carbocycles. The van der Waals surface area contributed by atoms with Crippen molar-refractivity contribution in [2.24, 2.45) is 0 Å². The summed E-state index contributed by atoms with van der Waals surface area (Å²) in [6.07, 6.45) is 2.04. The van der Waals surface area contributed by atoms with E-state index in [-0.39, 0.29) is 16.9 Å². The van der Waals surface area contributed by atoms with Crippen LogP contribution in [0, 0.1) is 0 Å². The number of pyridine rings is 2. The van der Waals surface area contributed by atoms with Gasteiger partial charge in [-0.1, -0.05) is 38.1 Å². The highest BCUT2D eigenvalue weighted by Crippen LogP contribution is 2.33. The summed E-state index contributed by atoms with van der Waals surface area (Å²) in [6.45, 7) is 8.35. The van der Waals surface area contributed by atoms with Crippen LogP contribution in [0.5, 0.6) is 0 Å². The summed E-state index contributed by atoms with van der Waals surface area (Å²) in [5, 5.41) is 2.60. The number of aromatic amines is 2. The van der Waals surface area contributed by atoms with Gasteiger partial charge in [0.2, 0.25) is 0 Å². The zero-order valence-corrected chi connectivity index (χ0v) is 19.4. The highest BCUT2D eigenvalue weighted by atomic mass is 16.1. The van der Waals surface area contributed by atoms with Gasteiger partial charge in [-0.3, -0.25) is 14.5 Å². The summed E-state index contributed by atoms with van der Waals surface area (Å²) in [5.74, 6) is 0. The minimum atomic E-state index is -0.0322. The molecule has 1 atom stereocenters. The van der Waals surface area contributed by atoms with Gasteiger partial charge in [-0.25, -0.2) is 0 Å². The molecule has 2 heterocycles. The third-order valence-electron chi connectivity index (χ3n) is 6.70. The molecule has 0 fully saturated rings. The van der Waals surface area contributed by atoms with E-state index in [1.54, 1.807) is 0 Å². The Kier molecular flexibility index (Phi) is 5.51. The van der Waals surface area contributed by atoms with Gasteiger partial charge in [0.25, 0.3) is 0 Å². The highest BCUT2D eigenvalue weighted by molar-refractivity contribution is 6.06. The van der Waals surface area contributed by atoms with Gasteiger partial charge in [-0.15, -0.1) is 0 Å². The van der Waals surface area contributed by atoms with Crippen molar-refractivity contribution in [2.45, 2.75) is 39.7 Å². The molecule has 3 aromatic carbocycles. The van der Waals surface area contributed by atoms with Crippen molar-refractivity contribution in [2.75, 3.05) is 13.1 Å². The lowest BCUT2D eigenvalue weighted by Gasteiger charge is -2.30. The minimum absolute atomic E-state index is 0.00468. The van der Waals surface area contributed by atoms with Gasteiger partial charge < -0.3 is 9.97 Å². The molecule has 0 bridgehead atoms. The number of fused-ring (bicyclic) bond motifs is 4. The minimum Gasteiger partial charge on any atom is -0.354 e. The number of aromatic nitrogens is 2. The average molecular weight is 440 g/mol. The van der Waals surface area contributed by atoms with Crippen molar-refractivity contribution >= 4 is 43.6 Å². The van der Waals surface area contributed by atoms with Crippen molar-refractivity contribution in [1.82, 2.24) is 14.9 Å². The quantitative estimate of drug-likeness (QED) is 0.326. The van der Waals surface area contributed by atoms with Gasteiger partial charge in [0.15, 0.2) is 10.9 Å². The molecule has 2 aromatic heterocycles. The topological polar surface area (TPSA) is 69.0 Å². The maximum absolute atomic E-state index is 13.8. The van der Waals surface area contributed by atoms with Crippen LogP contribution < -0.4 is 10.9 Å². The molecule has 0 aliphatic heterocycles. The van der Waals surface area contributed by atoms with Crippen LogP contribution in [-0.2, 0) is 0 Å². The molecule has 33 heavy (non-hydrogen) atoms. The van der Waals surface area contributed by atoms with E-state index >= 15 is 0 Å². The van der Waals surface area contributed by atoms with Crippen LogP contribution >= 0.6 is 0 Å². The van der Waals surface area contributed by atoms with Gasteiger partial charge in [-0.2, -0.15) is 0 Å². The molecule has 5 aromatic rings. The number of nitrogens with zero attached hydrogens (tertiary/aromatic N) is 1. The Morgan fingerprint density at radius 2 is 1.33 bits per heavy atom. The summed E-state index contributed by atoms with van der Waals surface area (Å²) in [7, 11) is 0. The van der Waals surface area contributed by atoms with Crippen molar-refractivity contribution < 1.29 is 0 Å². The van der Waals surface area contributed by atoms with Gasteiger partial charge in [0.1, 0.15) is 0 Å². The lowest BCUT2D eigenvalue weighted by Crippen LogP contribution is -2.30. The SMILES string of the molecule is CCCN(CCC)C(C)c1c2[nH]c3ccccc3c(=O)c2cc2[nH]c3ccccc3c(=O)c12. The Balaban J connectivity index is 1.99. The van der Waals surface area contributed by atoms with Crippen LogP contribution in [0.15, 0.2) is 64.2 Å². The average Bonchev–Trinajstić information content (AvgIpc) is 2.83. The summed E-state index contributed by atoms with van der Waals surface area (Å²) < 4.78 is 0. The fourth-order valence-corrected chi connectivity index (χ4v) is 5.17. The Morgan fingerprint density at radius 1 is 0.758 bits per heavy atom. The third kappa shape index (κ3) is 3.44. The molecule has 0 aliphatic rings. The van der Waals surface area contributed by atoms with Gasteiger partial charge in [-0.05, 0) is 63.2 Å². The Morgan fingerprint density at radius 3 is 1.97 bits per heavy atom. The van der Waals surface area contributed by atoms with Crippen LogP contribution in [0.1, 0.15) is 45.2 Å². The van der Waals surface area contributed by atoms with E-state index in [0.717, 1.165) is 48.0 Å². The van der Waals surface area contributed by atoms with E-state index in [0.29, 0.717) is 27.1 Å². The zero-order valence-electron chi connectivity index (χ0n) is 19.4. The molecular formula is C28H29N3O2. The van der Waals surface area contributed by atoms with Crippen LogP contribution in [0.25, 0.3) is 43.6 Å². The molecule has 0 radical (unpaired) electrons. The molecule has 2 N–H and O–H groups in total. The number of para-hydroxylation sites is 2. The summed E-state index contributed by atoms with van der Waals surface area (Å²) in [5.41, 5.74) is 3.94. The highest BCUT2D eigenvalue weighted by Gasteiger charge is 2.24. The van der Waals surface area contributed by atoms with E-state index in [1.807, 2.05) is 54.6 Å². The molecule has 5 heteroatoms. The van der Waals surface area contributed by atoms with Gasteiger partial charge in [0.05, 0.1) is 16.4 Å². The molecular weight excluding hydrogens is 410 g/mol. The standard InChI is InChI=1S/C28H29N3O2/c1-4-14-31(15-5-2)17(3)24-25-23(29-21-12-8-7-11-19(21)28(25)33)16-20-26(24)30-22-13-9-6-10-18(22)27(20)32/h6-13,16-17H,4-5,14-15H2,1-3H3,(H,29,33)(H,30,32). The number of benzene rings is 3. The predicted octanol–water partition coefficient (Wildman–Crippen LogP) is 5.86. The number of hydrogen-bond acceptors (Lipinski definition) is 3. The maximum atomic E-state index is 13.8. The number of rotatable bonds is 6. The molecule has 5 rings (SSSR count). The first-order valence-corrected chi connectivity index (χ1v) is 11.8. The van der Waals surface area contributed by atoms with Crippen LogP contribution in [-0.4, -0.2) is 28.0 Å². The predicted molar refractivity (Wildman–Crippen MR) is 138 cm³/mol. The number of hydrogen-bond donors (Lipinski definition) is 2. The second-order valence-corrected chi connectivity index (χ2v) is 8.85. The van der Waals surface area contributed by atoms with Gasteiger partial charge >= 0.3 is 0 Å². The molecule has 0 saturated heterocycles. The first kappa shape index (κ1) is 21.4. The van der Waals surface area contributed by atoms with Crippen molar-refractivity contribution in [1.29, 1.82) is 0 Å². The van der Waals surface area contributed by atoms with Crippen molar-refractivity contribution in [3.8, 4) is 0 Å². The second kappa shape index (κ2) is 8.49. The van der Waals surface area contributed by atoms with Crippen LogP contribution in [0.4, 0.5) is 0 Å². The second-order valence-electron chi connectivity index (χ2n) is 8.85. The van der Waals surface area contributed by atoms with E-state index in [2.05, 4.69) is 35.6 Å². The zero-order chi connectivity index (χ0) is 23.1. The monoisotopic (exact) mass is 439 g/mol. The molecule has 5 nitrogen and oxygen atoms in total. The Bertz CT molecular complexity index is 1610. The maximum Gasteiger partial charge on any atom is 0.197 e. The smallest absolute Gasteiger partial charge is 0.197 e. The normalized spacial score (nSPS) is 13.0. The largest absolute Gasteiger partial charge is 0.354 e. The Hall–Kier alpha value is -3.44. The lowest BCUT2D eigenvalue weighted by molar-refractivity contribution is 0.213. The summed E-state index contributed by atoms with van der Waals surface area (Å²) >= 11 is 0. The molecule has 168 valence electrons. The van der Waals surface area contributed by atoms with Crippen LogP contribution in [0.2, 0.25) is 0 Å². The van der Waals surface area contributed by atoms with E-state index in [4.69, 9.17) is 0 Å². The van der Waals surface area contributed by atoms with Gasteiger partial charge in [0, 0.05) is 38.8 Å². The lowest BCUT2D eigenvalue weighted by atomic mass is 9.94. The Labute approximate surface area is 192 Å². The van der Waals surface area contributed by atoms with E-state index < -0.39 is 0 Å². The van der Waals surface area contributed by atoms with Crippen LogP contribution in [0.3, 0.4) is 0 Å². The first-order valence-electron chi connectivity index (χ1n) is 11.8. The molecule has 1 unspecified atom stereocenters. The first-order chi connectivity index (χ1) is 16.0. The third-order valence-corrected chi connectivity index (χ3v) is 6.70. The fourth-order valence-electron chi connectivity index (χ4n) is 5.17. The van der Waals surface area contributed by atoms with E-state index in [1.165, 1.54) is 0 Å². The van der Waals surface area contributed by atoms with Crippen molar-refractivity contribution in [3.05, 3.63) is 80.6 Å². The van der Waals surface area contributed by atoms with E-state index in [9.17, 15) is 9.59 Å². The number of H-pyrrole nitrogens is 2.